The molecule has 2 aromatic carbocycles. The molecule has 0 unspecified atom stereocenters. The Morgan fingerprint density at radius 3 is 2.41 bits per heavy atom. The number of ether oxygens (including phenoxy) is 3. The van der Waals surface area contributed by atoms with Crippen molar-refractivity contribution in [1.29, 1.82) is 0 Å². The van der Waals surface area contributed by atoms with E-state index >= 15 is 0 Å². The molecule has 1 N–H and O–H groups in total. The minimum atomic E-state index is -0.518. The molecule has 0 saturated heterocycles. The lowest BCUT2D eigenvalue weighted by atomic mass is 10.2. The van der Waals surface area contributed by atoms with E-state index in [1.165, 1.54) is 18.2 Å². The molecule has 12 heteroatoms. The molecule has 0 saturated carbocycles. The molecule has 0 aliphatic rings. The highest BCUT2D eigenvalue weighted by molar-refractivity contribution is 6.33. The maximum Gasteiger partial charge on any atom is 0.307 e. The predicted molar refractivity (Wildman–Crippen MR) is 151 cm³/mol. The van der Waals surface area contributed by atoms with Crippen molar-refractivity contribution < 1.29 is 23.9 Å². The topological polar surface area (TPSA) is 128 Å². The summed E-state index contributed by atoms with van der Waals surface area (Å²) in [5.41, 5.74) is 1.80. The number of hydrogen-bond acceptors (Lipinski definition) is 10. The number of nitrogens with zero attached hydrogens (tertiary/aromatic N) is 4. The number of benzene rings is 2. The van der Waals surface area contributed by atoms with Gasteiger partial charge in [-0.2, -0.15) is 5.11 Å². The van der Waals surface area contributed by atoms with Gasteiger partial charge in [0.2, 0.25) is 0 Å². The highest BCUT2D eigenvalue weighted by Gasteiger charge is 2.10. The third-order valence-corrected chi connectivity index (χ3v) is 5.94. The first-order valence-electron chi connectivity index (χ1n) is 13.2. The van der Waals surface area contributed by atoms with Gasteiger partial charge in [0.15, 0.2) is 6.29 Å². The van der Waals surface area contributed by atoms with Gasteiger partial charge in [-0.05, 0) is 70.5 Å². The summed E-state index contributed by atoms with van der Waals surface area (Å²) in [4.78, 5) is 24.5. The van der Waals surface area contributed by atoms with Crippen LogP contribution in [0.3, 0.4) is 0 Å². The fourth-order valence-electron chi connectivity index (χ4n) is 3.64. The van der Waals surface area contributed by atoms with Gasteiger partial charge in [0, 0.05) is 44.1 Å². The molecule has 0 radical (unpaired) electrons. The second-order valence-corrected chi connectivity index (χ2v) is 8.80. The first-order valence-corrected chi connectivity index (χ1v) is 13.6. The number of likely N-dealkylation sites (N-methyl/N-ethyl adjacent to an activating group) is 1. The Hall–Kier alpha value is -3.12. The lowest BCUT2D eigenvalue weighted by Crippen LogP contribution is -2.28. The molecule has 214 valence electrons. The van der Waals surface area contributed by atoms with Crippen LogP contribution in [0.5, 0.6) is 0 Å². The molecule has 11 nitrogen and oxygen atoms in total. The number of halogens is 1. The van der Waals surface area contributed by atoms with Crippen molar-refractivity contribution in [3.63, 3.8) is 0 Å². The van der Waals surface area contributed by atoms with Gasteiger partial charge in [-0.3, -0.25) is 14.9 Å². The van der Waals surface area contributed by atoms with E-state index in [0.29, 0.717) is 44.1 Å². The Kier molecular flexibility index (Phi) is 15.0. The number of carbonyl (C=O) groups excluding carboxylic acids is 1. The Labute approximate surface area is 234 Å². The molecule has 0 aliphatic carbocycles. The van der Waals surface area contributed by atoms with Crippen LogP contribution in [0.25, 0.3) is 0 Å². The number of rotatable bonds is 19. The molecular formula is C27H38ClN5O6. The monoisotopic (exact) mass is 563 g/mol. The summed E-state index contributed by atoms with van der Waals surface area (Å²) in [5, 5.41) is 22.5. The Morgan fingerprint density at radius 2 is 1.79 bits per heavy atom. The first-order chi connectivity index (χ1) is 18.9. The summed E-state index contributed by atoms with van der Waals surface area (Å²) in [5.74, 6) is -0.235. The van der Waals surface area contributed by atoms with Crippen molar-refractivity contribution in [2.45, 2.75) is 46.3 Å². The van der Waals surface area contributed by atoms with Crippen molar-refractivity contribution in [2.24, 2.45) is 10.2 Å². The molecule has 0 atom stereocenters. The lowest BCUT2D eigenvalue weighted by molar-refractivity contribution is -0.384. The van der Waals surface area contributed by atoms with Crippen LogP contribution >= 0.6 is 11.6 Å². The molecule has 0 spiro atoms. The van der Waals surface area contributed by atoms with Crippen molar-refractivity contribution in [2.75, 3.05) is 50.9 Å². The average Bonchev–Trinajstić information content (AvgIpc) is 2.93. The predicted octanol–water partition coefficient (Wildman–Crippen LogP) is 6.19. The minimum absolute atomic E-state index is 0.106. The van der Waals surface area contributed by atoms with E-state index in [1.807, 2.05) is 45.0 Å². The van der Waals surface area contributed by atoms with Gasteiger partial charge in [0.05, 0.1) is 28.6 Å². The van der Waals surface area contributed by atoms with E-state index in [1.54, 1.807) is 0 Å². The number of carbonyl (C=O) groups is 1. The summed E-state index contributed by atoms with van der Waals surface area (Å²) in [7, 11) is 0. The highest BCUT2D eigenvalue weighted by Crippen LogP contribution is 2.30. The van der Waals surface area contributed by atoms with E-state index in [2.05, 4.69) is 20.4 Å². The summed E-state index contributed by atoms with van der Waals surface area (Å²) in [6, 6.07) is 11.5. The van der Waals surface area contributed by atoms with Gasteiger partial charge < -0.3 is 24.4 Å². The van der Waals surface area contributed by atoms with Crippen LogP contribution in [-0.4, -0.2) is 63.2 Å². The maximum atomic E-state index is 12.1. The van der Waals surface area contributed by atoms with Crippen molar-refractivity contribution in [1.82, 2.24) is 5.32 Å². The van der Waals surface area contributed by atoms with Gasteiger partial charge in [-0.1, -0.05) is 11.6 Å². The Bertz CT molecular complexity index is 1050. The van der Waals surface area contributed by atoms with Crippen LogP contribution in [0.15, 0.2) is 52.7 Å². The van der Waals surface area contributed by atoms with E-state index in [4.69, 9.17) is 25.8 Å². The molecule has 2 rings (SSSR count). The number of esters is 1. The molecule has 0 aromatic heterocycles. The van der Waals surface area contributed by atoms with Crippen molar-refractivity contribution >= 4 is 40.3 Å². The second-order valence-electron chi connectivity index (χ2n) is 8.39. The average molecular weight is 564 g/mol. The zero-order chi connectivity index (χ0) is 28.5. The van der Waals surface area contributed by atoms with Gasteiger partial charge >= 0.3 is 5.97 Å². The van der Waals surface area contributed by atoms with Crippen LogP contribution < -0.4 is 10.2 Å². The number of nitrogens with one attached hydrogen (secondary N) is 1. The fourth-order valence-corrected chi connectivity index (χ4v) is 3.85. The van der Waals surface area contributed by atoms with Crippen LogP contribution in [0.1, 0.15) is 40.0 Å². The second kappa shape index (κ2) is 18.2. The highest BCUT2D eigenvalue weighted by atomic mass is 35.5. The number of nitro groups is 1. The van der Waals surface area contributed by atoms with Crippen molar-refractivity contribution in [3.05, 3.63) is 57.6 Å². The summed E-state index contributed by atoms with van der Waals surface area (Å²) in [6.45, 7) is 10.1. The largest absolute Gasteiger partial charge is 0.464 e. The molecule has 0 fully saturated rings. The van der Waals surface area contributed by atoms with E-state index in [9.17, 15) is 14.9 Å². The van der Waals surface area contributed by atoms with Crippen LogP contribution in [0.4, 0.5) is 22.7 Å². The number of non-ortho nitro benzene ring substituents is 1. The van der Waals surface area contributed by atoms with Gasteiger partial charge in [0.1, 0.15) is 12.3 Å². The molecule has 0 amide bonds. The number of hydrogen-bond donors (Lipinski definition) is 1. The van der Waals surface area contributed by atoms with Gasteiger partial charge in [0.25, 0.3) is 5.69 Å². The molecular weight excluding hydrogens is 526 g/mol. The summed E-state index contributed by atoms with van der Waals surface area (Å²) >= 11 is 6.06. The smallest absolute Gasteiger partial charge is 0.307 e. The number of anilines is 1. The Balaban J connectivity index is 1.70. The Morgan fingerprint density at radius 1 is 1.08 bits per heavy atom. The van der Waals surface area contributed by atoms with Crippen LogP contribution in [-0.2, 0) is 19.0 Å². The summed E-state index contributed by atoms with van der Waals surface area (Å²) < 4.78 is 16.4. The van der Waals surface area contributed by atoms with Gasteiger partial charge in [-0.25, -0.2) is 0 Å². The SMILES string of the molecule is CCOC(CCCNCCC(=O)OCCN(CC)c1ccc(/N=N/c2ccc([N+](=O)[O-])cc2Cl)cc1)OCC. The molecule has 0 aliphatic heterocycles. The molecule has 0 bridgehead atoms. The number of nitro benzene ring substituents is 1. The molecule has 39 heavy (non-hydrogen) atoms. The van der Waals surface area contributed by atoms with Gasteiger partial charge in [-0.15, -0.1) is 5.11 Å². The van der Waals surface area contributed by atoms with E-state index in [-0.39, 0.29) is 29.6 Å². The van der Waals surface area contributed by atoms with E-state index in [0.717, 1.165) is 31.6 Å². The third kappa shape index (κ3) is 12.1. The zero-order valence-corrected chi connectivity index (χ0v) is 23.6. The first kappa shape index (κ1) is 32.1. The summed E-state index contributed by atoms with van der Waals surface area (Å²) in [6.07, 6.45) is 1.85. The standard InChI is InChI=1S/C27H38ClN5O6/c1-4-32(18-19-39-26(34)15-17-29-16-7-8-27(37-5-2)38-6-3)22-11-9-21(10-12-22)30-31-25-14-13-23(33(35)36)20-24(25)28/h9-14,20,27,29H,4-8,15-19H2,1-3H3/b31-30+. The van der Waals surface area contributed by atoms with Crippen molar-refractivity contribution in [3.8, 4) is 0 Å². The zero-order valence-electron chi connectivity index (χ0n) is 22.8. The lowest BCUT2D eigenvalue weighted by Gasteiger charge is -2.23. The quantitative estimate of drug-likeness (QED) is 0.0535. The fraction of sp³-hybridized carbons (Fsp3) is 0.519. The molecule has 0 heterocycles. The molecule has 2 aromatic rings. The third-order valence-electron chi connectivity index (χ3n) is 5.64. The maximum absolute atomic E-state index is 12.1. The van der Waals surface area contributed by atoms with E-state index < -0.39 is 4.92 Å². The van der Waals surface area contributed by atoms with Crippen LogP contribution in [0.2, 0.25) is 5.02 Å². The normalized spacial score (nSPS) is 11.3. The number of azo groups is 1. The van der Waals surface area contributed by atoms with Crippen LogP contribution in [0, 0.1) is 10.1 Å². The minimum Gasteiger partial charge on any atom is -0.464 e.